The first-order valence-corrected chi connectivity index (χ1v) is 9.28. The zero-order valence-corrected chi connectivity index (χ0v) is 13.6. The van der Waals surface area contributed by atoms with Crippen molar-refractivity contribution in [3.05, 3.63) is 10.2 Å². The van der Waals surface area contributed by atoms with E-state index in [1.807, 2.05) is 6.92 Å². The third-order valence-electron chi connectivity index (χ3n) is 3.10. The second-order valence-corrected chi connectivity index (χ2v) is 9.42. The van der Waals surface area contributed by atoms with Crippen molar-refractivity contribution in [2.75, 3.05) is 12.3 Å². The quantitative estimate of drug-likeness (QED) is 0.838. The SMILES string of the molecule is Cc1nc(Cl)sc1S(=O)(=O)N1CCSC(C)C1C. The van der Waals surface area contributed by atoms with E-state index in [2.05, 4.69) is 11.9 Å². The first-order chi connectivity index (χ1) is 8.34. The number of aryl methyl sites for hydroxylation is 1. The molecule has 0 aromatic carbocycles. The molecule has 0 amide bonds. The summed E-state index contributed by atoms with van der Waals surface area (Å²) in [5.41, 5.74) is 0.489. The lowest BCUT2D eigenvalue weighted by atomic mass is 10.2. The Hall–Kier alpha value is 0.180. The Morgan fingerprint density at radius 2 is 2.11 bits per heavy atom. The summed E-state index contributed by atoms with van der Waals surface area (Å²) in [6, 6.07) is -0.00553. The molecule has 0 aliphatic carbocycles. The van der Waals surface area contributed by atoms with Crippen molar-refractivity contribution < 1.29 is 8.42 Å². The highest BCUT2D eigenvalue weighted by molar-refractivity contribution is 8.00. The van der Waals surface area contributed by atoms with Crippen LogP contribution in [0.5, 0.6) is 0 Å². The molecule has 2 unspecified atom stereocenters. The predicted octanol–water partition coefficient (Wildman–Crippen LogP) is 2.62. The van der Waals surface area contributed by atoms with E-state index in [-0.39, 0.29) is 14.7 Å². The van der Waals surface area contributed by atoms with Crippen LogP contribution in [0.1, 0.15) is 19.5 Å². The Kier molecular flexibility index (Phi) is 4.28. The molecule has 2 atom stereocenters. The normalized spacial score (nSPS) is 26.4. The number of thioether (sulfide) groups is 1. The van der Waals surface area contributed by atoms with Crippen molar-refractivity contribution in [2.45, 2.75) is 36.3 Å². The minimum absolute atomic E-state index is 0.00553. The van der Waals surface area contributed by atoms with E-state index in [0.717, 1.165) is 17.1 Å². The topological polar surface area (TPSA) is 50.3 Å². The van der Waals surface area contributed by atoms with E-state index in [9.17, 15) is 8.42 Å². The highest BCUT2D eigenvalue weighted by Gasteiger charge is 2.37. The minimum Gasteiger partial charge on any atom is -0.229 e. The van der Waals surface area contributed by atoms with Crippen molar-refractivity contribution in [1.82, 2.24) is 9.29 Å². The average molecular weight is 327 g/mol. The zero-order chi connectivity index (χ0) is 13.5. The molecule has 1 aliphatic rings. The molecular formula is C10H15ClN2O2S3. The van der Waals surface area contributed by atoms with E-state index < -0.39 is 10.0 Å². The van der Waals surface area contributed by atoms with Crippen LogP contribution in [-0.4, -0.2) is 41.3 Å². The molecule has 0 N–H and O–H groups in total. The van der Waals surface area contributed by atoms with Crippen molar-refractivity contribution in [2.24, 2.45) is 0 Å². The average Bonchev–Trinajstić information content (AvgIpc) is 2.62. The first kappa shape index (κ1) is 14.6. The van der Waals surface area contributed by atoms with Gasteiger partial charge in [-0.15, -0.1) is 0 Å². The molecule has 1 fully saturated rings. The molecule has 2 heterocycles. The van der Waals surface area contributed by atoms with Crippen LogP contribution in [0.3, 0.4) is 0 Å². The maximum Gasteiger partial charge on any atom is 0.254 e. The fourth-order valence-electron chi connectivity index (χ4n) is 1.94. The Labute approximate surface area is 121 Å². The fourth-order valence-corrected chi connectivity index (χ4v) is 6.79. The van der Waals surface area contributed by atoms with Crippen LogP contribution >= 0.6 is 34.7 Å². The number of aromatic nitrogens is 1. The summed E-state index contributed by atoms with van der Waals surface area (Å²) in [7, 11) is -3.46. The highest BCUT2D eigenvalue weighted by Crippen LogP contribution is 2.34. The number of rotatable bonds is 2. The van der Waals surface area contributed by atoms with Crippen LogP contribution in [0.25, 0.3) is 0 Å². The number of nitrogens with zero attached hydrogens (tertiary/aromatic N) is 2. The van der Waals surface area contributed by atoms with Crippen LogP contribution < -0.4 is 0 Å². The molecule has 0 spiro atoms. The third kappa shape index (κ3) is 2.56. The smallest absolute Gasteiger partial charge is 0.229 e. The van der Waals surface area contributed by atoms with Crippen molar-refractivity contribution in [1.29, 1.82) is 0 Å². The van der Waals surface area contributed by atoms with Gasteiger partial charge in [-0.1, -0.05) is 29.9 Å². The Bertz CT molecular complexity index is 543. The number of sulfonamides is 1. The monoisotopic (exact) mass is 326 g/mol. The van der Waals surface area contributed by atoms with Gasteiger partial charge < -0.3 is 0 Å². The molecule has 18 heavy (non-hydrogen) atoms. The summed E-state index contributed by atoms with van der Waals surface area (Å²) in [5, 5.41) is 0.303. The molecule has 1 saturated heterocycles. The molecule has 4 nitrogen and oxygen atoms in total. The van der Waals surface area contributed by atoms with Gasteiger partial charge in [0.15, 0.2) is 8.68 Å². The Morgan fingerprint density at radius 3 is 2.67 bits per heavy atom. The van der Waals surface area contributed by atoms with Gasteiger partial charge in [0, 0.05) is 23.6 Å². The van der Waals surface area contributed by atoms with E-state index >= 15 is 0 Å². The maximum atomic E-state index is 12.6. The lowest BCUT2D eigenvalue weighted by molar-refractivity contribution is 0.341. The fraction of sp³-hybridized carbons (Fsp3) is 0.700. The lowest BCUT2D eigenvalue weighted by Gasteiger charge is -2.36. The summed E-state index contributed by atoms with van der Waals surface area (Å²) >= 11 is 8.64. The Morgan fingerprint density at radius 1 is 1.44 bits per heavy atom. The van der Waals surface area contributed by atoms with Crippen LogP contribution in [0.4, 0.5) is 0 Å². The van der Waals surface area contributed by atoms with Crippen LogP contribution in [-0.2, 0) is 10.0 Å². The number of halogens is 1. The lowest BCUT2D eigenvalue weighted by Crippen LogP contribution is -2.47. The standard InChI is InChI=1S/C10H15ClN2O2S3/c1-6-9(17-10(11)12-6)18(14,15)13-4-5-16-8(3)7(13)2/h7-8H,4-5H2,1-3H3. The summed E-state index contributed by atoms with van der Waals surface area (Å²) in [6.07, 6.45) is 0. The van der Waals surface area contributed by atoms with E-state index in [1.54, 1.807) is 23.0 Å². The predicted molar refractivity (Wildman–Crippen MR) is 77.1 cm³/mol. The summed E-state index contributed by atoms with van der Waals surface area (Å²) in [4.78, 5) is 3.99. The second-order valence-electron chi connectivity index (χ2n) is 4.27. The van der Waals surface area contributed by atoms with Crippen molar-refractivity contribution in [3.8, 4) is 0 Å². The molecule has 0 radical (unpaired) electrons. The largest absolute Gasteiger partial charge is 0.254 e. The van der Waals surface area contributed by atoms with E-state index in [1.165, 1.54) is 0 Å². The molecule has 0 bridgehead atoms. The molecule has 0 saturated carbocycles. The Balaban J connectivity index is 2.39. The van der Waals surface area contributed by atoms with Crippen molar-refractivity contribution in [3.63, 3.8) is 0 Å². The number of hydrogen-bond acceptors (Lipinski definition) is 5. The summed E-state index contributed by atoms with van der Waals surface area (Å²) in [5.74, 6) is 0.830. The van der Waals surface area contributed by atoms with Gasteiger partial charge in [0.2, 0.25) is 0 Å². The highest BCUT2D eigenvalue weighted by atomic mass is 35.5. The third-order valence-corrected chi connectivity index (χ3v) is 8.27. The molecule has 1 aliphatic heterocycles. The van der Waals surface area contributed by atoms with Gasteiger partial charge in [0.1, 0.15) is 0 Å². The summed E-state index contributed by atoms with van der Waals surface area (Å²) in [6.45, 7) is 6.24. The maximum absolute atomic E-state index is 12.6. The molecule has 8 heteroatoms. The second kappa shape index (κ2) is 5.28. The van der Waals surface area contributed by atoms with Gasteiger partial charge in [0.25, 0.3) is 10.0 Å². The van der Waals surface area contributed by atoms with Crippen LogP contribution in [0.15, 0.2) is 4.21 Å². The molecular weight excluding hydrogens is 312 g/mol. The van der Waals surface area contributed by atoms with Crippen LogP contribution in [0, 0.1) is 6.92 Å². The van der Waals surface area contributed by atoms with Gasteiger partial charge in [0.05, 0.1) is 5.69 Å². The van der Waals surface area contributed by atoms with Crippen molar-refractivity contribution >= 4 is 44.7 Å². The zero-order valence-electron chi connectivity index (χ0n) is 10.4. The number of hydrogen-bond donors (Lipinski definition) is 0. The van der Waals surface area contributed by atoms with Gasteiger partial charge in [-0.05, 0) is 13.8 Å². The molecule has 102 valence electrons. The molecule has 1 aromatic rings. The van der Waals surface area contributed by atoms with Crippen LogP contribution in [0.2, 0.25) is 4.47 Å². The van der Waals surface area contributed by atoms with E-state index in [0.29, 0.717) is 17.5 Å². The van der Waals surface area contributed by atoms with Gasteiger partial charge in [-0.2, -0.15) is 16.1 Å². The van der Waals surface area contributed by atoms with Gasteiger partial charge in [-0.3, -0.25) is 0 Å². The minimum atomic E-state index is -3.46. The molecule has 1 aromatic heterocycles. The van der Waals surface area contributed by atoms with E-state index in [4.69, 9.17) is 11.6 Å². The first-order valence-electron chi connectivity index (χ1n) is 5.60. The molecule has 2 rings (SSSR count). The summed E-state index contributed by atoms with van der Waals surface area (Å²) < 4.78 is 27.3. The van der Waals surface area contributed by atoms with Gasteiger partial charge in [-0.25, -0.2) is 13.4 Å². The van der Waals surface area contributed by atoms with Gasteiger partial charge >= 0.3 is 0 Å². The number of thiazole rings is 1.